The van der Waals surface area contributed by atoms with Crippen molar-refractivity contribution >= 4 is 17.7 Å². The Morgan fingerprint density at radius 2 is 1.88 bits per heavy atom. The normalized spacial score (nSPS) is 10.5. The first-order valence-electron chi connectivity index (χ1n) is 7.55. The van der Waals surface area contributed by atoms with Crippen LogP contribution in [0.2, 0.25) is 0 Å². The fraction of sp³-hybridized carbons (Fsp3) is 0.167. The van der Waals surface area contributed by atoms with Gasteiger partial charge in [0.2, 0.25) is 5.89 Å². The van der Waals surface area contributed by atoms with Crippen molar-refractivity contribution in [3.05, 3.63) is 77.4 Å². The molecule has 3 rings (SSSR count). The number of aryl methyl sites for hydroxylation is 1. The summed E-state index contributed by atoms with van der Waals surface area (Å²) in [6.07, 6.45) is 0. The highest BCUT2D eigenvalue weighted by atomic mass is 32.2. The number of carbonyl (C=O) groups is 1. The molecule has 1 amide bonds. The number of carbonyl (C=O) groups excluding carboxylic acids is 1. The van der Waals surface area contributed by atoms with Gasteiger partial charge in [0.05, 0.1) is 11.3 Å². The van der Waals surface area contributed by atoms with Crippen molar-refractivity contribution in [1.29, 1.82) is 0 Å². The first kappa shape index (κ1) is 16.3. The van der Waals surface area contributed by atoms with Crippen LogP contribution >= 0.6 is 11.8 Å². The van der Waals surface area contributed by atoms with Gasteiger partial charge in [-0.2, -0.15) is 4.98 Å². The molecule has 1 N–H and O–H groups in total. The molecule has 0 aliphatic rings. The van der Waals surface area contributed by atoms with Gasteiger partial charge in [0.1, 0.15) is 0 Å². The van der Waals surface area contributed by atoms with Gasteiger partial charge in [0.25, 0.3) is 5.91 Å². The molecule has 0 fully saturated rings. The quantitative estimate of drug-likeness (QED) is 0.695. The van der Waals surface area contributed by atoms with E-state index in [9.17, 15) is 4.79 Å². The number of nitrogens with one attached hydrogen (secondary N) is 1. The summed E-state index contributed by atoms with van der Waals surface area (Å²) in [6, 6.07) is 17.4. The van der Waals surface area contributed by atoms with Gasteiger partial charge in [0, 0.05) is 18.4 Å². The van der Waals surface area contributed by atoms with Gasteiger partial charge in [-0.15, -0.1) is 11.8 Å². The van der Waals surface area contributed by atoms with Crippen molar-refractivity contribution in [3.63, 3.8) is 0 Å². The number of aromatic nitrogens is 2. The monoisotopic (exact) mass is 339 g/mol. The molecule has 3 aromatic rings. The zero-order chi connectivity index (χ0) is 16.8. The maximum Gasteiger partial charge on any atom is 0.252 e. The zero-order valence-electron chi connectivity index (χ0n) is 13.2. The molecule has 0 spiro atoms. The van der Waals surface area contributed by atoms with E-state index in [0.717, 1.165) is 10.5 Å². The van der Waals surface area contributed by atoms with Crippen LogP contribution in [0.25, 0.3) is 0 Å². The van der Waals surface area contributed by atoms with Crippen LogP contribution in [-0.4, -0.2) is 16.0 Å². The minimum absolute atomic E-state index is 0.0914. The third kappa shape index (κ3) is 4.23. The Hall–Kier alpha value is -2.60. The highest BCUT2D eigenvalue weighted by Crippen LogP contribution is 2.25. The molecule has 0 bridgehead atoms. The first-order valence-corrected chi connectivity index (χ1v) is 8.54. The van der Waals surface area contributed by atoms with Crippen LogP contribution in [0.1, 0.15) is 27.6 Å². The van der Waals surface area contributed by atoms with Gasteiger partial charge in [-0.25, -0.2) is 0 Å². The number of rotatable bonds is 6. The number of hydrogen-bond acceptors (Lipinski definition) is 5. The molecular formula is C18H17N3O2S. The molecular weight excluding hydrogens is 322 g/mol. The van der Waals surface area contributed by atoms with Gasteiger partial charge in [-0.3, -0.25) is 4.79 Å². The lowest BCUT2D eigenvalue weighted by molar-refractivity contribution is 0.0948. The maximum absolute atomic E-state index is 12.5. The number of hydrogen-bond donors (Lipinski definition) is 1. The Balaban J connectivity index is 1.65. The van der Waals surface area contributed by atoms with Crippen molar-refractivity contribution < 1.29 is 9.32 Å². The minimum atomic E-state index is -0.0914. The summed E-state index contributed by atoms with van der Waals surface area (Å²) in [5.41, 5.74) is 1.72. The molecule has 0 aliphatic heterocycles. The molecule has 0 atom stereocenters. The largest absolute Gasteiger partial charge is 0.348 e. The predicted octanol–water partition coefficient (Wildman–Crippen LogP) is 3.60. The molecule has 0 unspecified atom stereocenters. The van der Waals surface area contributed by atoms with Crippen molar-refractivity contribution in [2.45, 2.75) is 24.1 Å². The zero-order valence-corrected chi connectivity index (χ0v) is 14.0. The predicted molar refractivity (Wildman–Crippen MR) is 92.7 cm³/mol. The van der Waals surface area contributed by atoms with Crippen LogP contribution in [0.4, 0.5) is 0 Å². The van der Waals surface area contributed by atoms with E-state index >= 15 is 0 Å². The van der Waals surface area contributed by atoms with Crippen molar-refractivity contribution in [2.24, 2.45) is 0 Å². The standard InChI is InChI=1S/C18H17N3O2S/c1-13-20-17(21-23-13)12-24-16-10-6-5-9-15(16)18(22)19-11-14-7-3-2-4-8-14/h2-10H,11-12H2,1H3,(H,19,22). The molecule has 0 radical (unpaired) electrons. The summed E-state index contributed by atoms with van der Waals surface area (Å²) in [7, 11) is 0. The summed E-state index contributed by atoms with van der Waals surface area (Å²) in [5.74, 6) is 1.63. The second-order valence-corrected chi connectivity index (χ2v) is 6.20. The fourth-order valence-electron chi connectivity index (χ4n) is 2.20. The third-order valence-corrected chi connectivity index (χ3v) is 4.42. The Labute approximate surface area is 144 Å². The molecule has 0 saturated heterocycles. The molecule has 0 aliphatic carbocycles. The summed E-state index contributed by atoms with van der Waals surface area (Å²) in [6.45, 7) is 2.26. The van der Waals surface area contributed by atoms with Crippen LogP contribution in [0, 0.1) is 6.92 Å². The number of amides is 1. The summed E-state index contributed by atoms with van der Waals surface area (Å²) < 4.78 is 4.96. The van der Waals surface area contributed by atoms with Gasteiger partial charge < -0.3 is 9.84 Å². The molecule has 0 saturated carbocycles. The van der Waals surface area contributed by atoms with Crippen LogP contribution < -0.4 is 5.32 Å². The lowest BCUT2D eigenvalue weighted by atomic mass is 10.2. The second kappa shape index (κ2) is 7.79. The lowest BCUT2D eigenvalue weighted by Crippen LogP contribution is -2.23. The van der Waals surface area contributed by atoms with Gasteiger partial charge >= 0.3 is 0 Å². The van der Waals surface area contributed by atoms with Gasteiger partial charge in [-0.05, 0) is 17.7 Å². The number of thioether (sulfide) groups is 1. The number of benzene rings is 2. The van der Waals surface area contributed by atoms with Crippen molar-refractivity contribution in [3.8, 4) is 0 Å². The van der Waals surface area contributed by atoms with E-state index in [1.54, 1.807) is 6.92 Å². The molecule has 2 aromatic carbocycles. The molecule has 6 heteroatoms. The summed E-state index contributed by atoms with van der Waals surface area (Å²) >= 11 is 1.52. The minimum Gasteiger partial charge on any atom is -0.348 e. The van der Waals surface area contributed by atoms with Gasteiger partial charge in [0.15, 0.2) is 5.82 Å². The Bertz CT molecular complexity index is 818. The second-order valence-electron chi connectivity index (χ2n) is 5.18. The van der Waals surface area contributed by atoms with Crippen molar-refractivity contribution in [2.75, 3.05) is 0 Å². The van der Waals surface area contributed by atoms with E-state index in [1.807, 2.05) is 54.6 Å². The highest BCUT2D eigenvalue weighted by Gasteiger charge is 2.12. The highest BCUT2D eigenvalue weighted by molar-refractivity contribution is 7.98. The molecule has 1 heterocycles. The Morgan fingerprint density at radius 1 is 1.12 bits per heavy atom. The van der Waals surface area contributed by atoms with Crippen LogP contribution in [0.3, 0.4) is 0 Å². The average Bonchev–Trinajstić information content (AvgIpc) is 3.04. The van der Waals surface area contributed by atoms with E-state index < -0.39 is 0 Å². The van der Waals surface area contributed by atoms with E-state index in [1.165, 1.54) is 11.8 Å². The van der Waals surface area contributed by atoms with Crippen LogP contribution in [0.5, 0.6) is 0 Å². The summed E-state index contributed by atoms with van der Waals surface area (Å²) in [5, 5.41) is 6.83. The first-order chi connectivity index (χ1) is 11.7. The van der Waals surface area contributed by atoms with E-state index in [4.69, 9.17) is 4.52 Å². The summed E-state index contributed by atoms with van der Waals surface area (Å²) in [4.78, 5) is 17.6. The van der Waals surface area contributed by atoms with E-state index in [0.29, 0.717) is 29.6 Å². The van der Waals surface area contributed by atoms with E-state index in [-0.39, 0.29) is 5.91 Å². The van der Waals surface area contributed by atoms with Crippen molar-refractivity contribution in [1.82, 2.24) is 15.5 Å². The van der Waals surface area contributed by atoms with Gasteiger partial charge in [-0.1, -0.05) is 47.6 Å². The fourth-order valence-corrected chi connectivity index (χ4v) is 3.09. The average molecular weight is 339 g/mol. The molecule has 122 valence electrons. The third-order valence-electron chi connectivity index (χ3n) is 3.35. The number of nitrogens with zero attached hydrogens (tertiary/aromatic N) is 2. The molecule has 1 aromatic heterocycles. The topological polar surface area (TPSA) is 68.0 Å². The lowest BCUT2D eigenvalue weighted by Gasteiger charge is -2.09. The van der Waals surface area contributed by atoms with E-state index in [2.05, 4.69) is 15.5 Å². The molecule has 5 nitrogen and oxygen atoms in total. The maximum atomic E-state index is 12.5. The Morgan fingerprint density at radius 3 is 2.62 bits per heavy atom. The molecule has 24 heavy (non-hydrogen) atoms. The van der Waals surface area contributed by atoms with Crippen LogP contribution in [-0.2, 0) is 12.3 Å². The SMILES string of the molecule is Cc1nc(CSc2ccccc2C(=O)NCc2ccccc2)no1. The Kier molecular flexibility index (Phi) is 5.28. The smallest absolute Gasteiger partial charge is 0.252 e. The van der Waals surface area contributed by atoms with Crippen LogP contribution in [0.15, 0.2) is 64.0 Å².